The number of fused-ring (bicyclic) bond motifs is 1. The van der Waals surface area contributed by atoms with E-state index in [1.165, 1.54) is 0 Å². The van der Waals surface area contributed by atoms with E-state index in [-0.39, 0.29) is 0 Å². The van der Waals surface area contributed by atoms with Crippen molar-refractivity contribution in [2.75, 3.05) is 0 Å². The van der Waals surface area contributed by atoms with Crippen LogP contribution < -0.4 is 0 Å². The molecule has 0 N–H and O–H groups in total. The maximum absolute atomic E-state index is 6.19. The molecule has 3 rings (SSSR count). The first-order valence-electron chi connectivity index (χ1n) is 5.32. The predicted molar refractivity (Wildman–Crippen MR) is 77.6 cm³/mol. The summed E-state index contributed by atoms with van der Waals surface area (Å²) in [5, 5.41) is 3.94. The molecule has 0 saturated carbocycles. The maximum atomic E-state index is 6.19. The highest BCUT2D eigenvalue weighted by molar-refractivity contribution is 7.13. The molecule has 2 aromatic heterocycles. The Balaban J connectivity index is 2.30. The van der Waals surface area contributed by atoms with E-state index >= 15 is 0 Å². The van der Waals surface area contributed by atoms with Crippen molar-refractivity contribution in [3.8, 4) is 10.7 Å². The van der Waals surface area contributed by atoms with Crippen LogP contribution in [0.4, 0.5) is 0 Å². The largest absolute Gasteiger partial charge is 0.227 e. The first-order valence-corrected chi connectivity index (χ1v) is 6.96. The van der Waals surface area contributed by atoms with Gasteiger partial charge in [-0.05, 0) is 42.1 Å². The lowest BCUT2D eigenvalue weighted by atomic mass is 10.2. The van der Waals surface area contributed by atoms with Crippen molar-refractivity contribution in [1.29, 1.82) is 0 Å². The smallest absolute Gasteiger partial charge is 0.171 e. The number of nitrogens with zero attached hydrogens (tertiary/aromatic N) is 2. The summed E-state index contributed by atoms with van der Waals surface area (Å²) in [6, 6.07) is 7.47. The lowest BCUT2D eigenvalue weighted by molar-refractivity contribution is 1.23. The number of hydrogen-bond donors (Lipinski definition) is 0. The molecule has 1 aromatic carbocycles. The molecule has 0 spiro atoms. The van der Waals surface area contributed by atoms with Gasteiger partial charge in [0.1, 0.15) is 5.15 Å². The Morgan fingerprint density at radius 2 is 1.94 bits per heavy atom. The normalized spacial score (nSPS) is 11.1. The monoisotopic (exact) mass is 294 g/mol. The van der Waals surface area contributed by atoms with Gasteiger partial charge in [-0.15, -0.1) is 11.3 Å². The lowest BCUT2D eigenvalue weighted by Crippen LogP contribution is -1.91. The molecule has 0 saturated heterocycles. The summed E-state index contributed by atoms with van der Waals surface area (Å²) in [5.41, 5.74) is 1.92. The standard InChI is InChI=1S/C13H8Cl2N2S/c1-7-4-5-18-11(7)13-16-10-6-8(14)2-3-9(10)12(15)17-13/h2-6H,1H3. The molecule has 0 atom stereocenters. The Bertz CT molecular complexity index is 737. The van der Waals surface area contributed by atoms with Crippen LogP contribution in [0.25, 0.3) is 21.6 Å². The highest BCUT2D eigenvalue weighted by atomic mass is 35.5. The van der Waals surface area contributed by atoms with Crippen LogP contribution in [-0.4, -0.2) is 9.97 Å². The van der Waals surface area contributed by atoms with Gasteiger partial charge in [-0.25, -0.2) is 9.97 Å². The van der Waals surface area contributed by atoms with Gasteiger partial charge in [-0.2, -0.15) is 0 Å². The average Bonchev–Trinajstić information content (AvgIpc) is 2.74. The van der Waals surface area contributed by atoms with Gasteiger partial charge in [0.2, 0.25) is 0 Å². The van der Waals surface area contributed by atoms with Gasteiger partial charge in [0.15, 0.2) is 5.82 Å². The van der Waals surface area contributed by atoms with Gasteiger partial charge in [-0.1, -0.05) is 23.2 Å². The Labute approximate surface area is 118 Å². The van der Waals surface area contributed by atoms with Gasteiger partial charge < -0.3 is 0 Å². The number of benzene rings is 1. The van der Waals surface area contributed by atoms with E-state index in [9.17, 15) is 0 Å². The van der Waals surface area contributed by atoms with Crippen molar-refractivity contribution >= 4 is 45.4 Å². The number of thiophene rings is 1. The fourth-order valence-corrected chi connectivity index (χ4v) is 3.03. The van der Waals surface area contributed by atoms with Gasteiger partial charge in [0, 0.05) is 10.4 Å². The van der Waals surface area contributed by atoms with Crippen molar-refractivity contribution < 1.29 is 0 Å². The zero-order valence-corrected chi connectivity index (χ0v) is 11.8. The quantitative estimate of drug-likeness (QED) is 0.592. The van der Waals surface area contributed by atoms with Crippen LogP contribution in [0.2, 0.25) is 10.2 Å². The minimum atomic E-state index is 0.458. The van der Waals surface area contributed by atoms with Crippen LogP contribution in [0.15, 0.2) is 29.6 Å². The summed E-state index contributed by atoms with van der Waals surface area (Å²) in [7, 11) is 0. The zero-order valence-electron chi connectivity index (χ0n) is 9.45. The van der Waals surface area contributed by atoms with E-state index in [1.807, 2.05) is 24.4 Å². The van der Waals surface area contributed by atoms with Gasteiger partial charge >= 0.3 is 0 Å². The maximum Gasteiger partial charge on any atom is 0.171 e. The lowest BCUT2D eigenvalue weighted by Gasteiger charge is -2.04. The fraction of sp³-hybridized carbons (Fsp3) is 0.0769. The van der Waals surface area contributed by atoms with Gasteiger partial charge in [-0.3, -0.25) is 0 Å². The Kier molecular flexibility index (Phi) is 2.98. The predicted octanol–water partition coefficient (Wildman–Crippen LogP) is 4.97. The summed E-state index contributed by atoms with van der Waals surface area (Å²) in [6.45, 7) is 2.03. The molecule has 90 valence electrons. The molecule has 0 aliphatic carbocycles. The molecule has 2 nitrogen and oxygen atoms in total. The van der Waals surface area contributed by atoms with Crippen molar-refractivity contribution in [1.82, 2.24) is 9.97 Å². The highest BCUT2D eigenvalue weighted by Crippen LogP contribution is 2.30. The van der Waals surface area contributed by atoms with E-state index in [2.05, 4.69) is 9.97 Å². The molecule has 0 unspecified atom stereocenters. The van der Waals surface area contributed by atoms with Crippen molar-refractivity contribution in [3.05, 3.63) is 45.4 Å². The Morgan fingerprint density at radius 1 is 1.11 bits per heavy atom. The molecule has 5 heteroatoms. The Hall–Kier alpha value is -1.16. The van der Waals surface area contributed by atoms with Crippen LogP contribution in [0.1, 0.15) is 5.56 Å². The molecule has 18 heavy (non-hydrogen) atoms. The number of aromatic nitrogens is 2. The second kappa shape index (κ2) is 4.50. The molecule has 0 amide bonds. The third-order valence-corrected chi connectivity index (χ3v) is 4.21. The number of aryl methyl sites for hydroxylation is 1. The van der Waals surface area contributed by atoms with Gasteiger partial charge in [0.25, 0.3) is 0 Å². The second-order valence-corrected chi connectivity index (χ2v) is 5.64. The SMILES string of the molecule is Cc1ccsc1-c1nc(Cl)c2ccc(Cl)cc2n1. The third-order valence-electron chi connectivity index (χ3n) is 2.68. The van der Waals surface area contributed by atoms with Gasteiger partial charge in [0.05, 0.1) is 10.4 Å². The van der Waals surface area contributed by atoms with Crippen molar-refractivity contribution in [3.63, 3.8) is 0 Å². The number of hydrogen-bond acceptors (Lipinski definition) is 3. The van der Waals surface area contributed by atoms with E-state index in [4.69, 9.17) is 23.2 Å². The summed E-state index contributed by atoms with van der Waals surface area (Å²) in [5.74, 6) is 0.655. The second-order valence-electron chi connectivity index (χ2n) is 3.93. The van der Waals surface area contributed by atoms with E-state index in [0.717, 1.165) is 21.3 Å². The minimum absolute atomic E-state index is 0.458. The molecular formula is C13H8Cl2N2S. The molecule has 3 aromatic rings. The van der Waals surface area contributed by atoms with Crippen molar-refractivity contribution in [2.24, 2.45) is 0 Å². The Morgan fingerprint density at radius 3 is 2.67 bits per heavy atom. The summed E-state index contributed by atoms with van der Waals surface area (Å²) < 4.78 is 0. The highest BCUT2D eigenvalue weighted by Gasteiger charge is 2.11. The van der Waals surface area contributed by atoms with Crippen molar-refractivity contribution in [2.45, 2.75) is 6.92 Å². The van der Waals surface area contributed by atoms with Crippen LogP contribution in [0, 0.1) is 6.92 Å². The third kappa shape index (κ3) is 1.99. The number of halogens is 2. The first kappa shape index (κ1) is 11.9. The average molecular weight is 295 g/mol. The summed E-state index contributed by atoms with van der Waals surface area (Å²) >= 11 is 13.8. The van der Waals surface area contributed by atoms with E-state index < -0.39 is 0 Å². The zero-order chi connectivity index (χ0) is 12.7. The minimum Gasteiger partial charge on any atom is -0.227 e. The van der Waals surface area contributed by atoms with E-state index in [0.29, 0.717) is 16.0 Å². The first-order chi connectivity index (χ1) is 8.65. The molecule has 0 aliphatic heterocycles. The fourth-order valence-electron chi connectivity index (χ4n) is 1.77. The topological polar surface area (TPSA) is 25.8 Å². The van der Waals surface area contributed by atoms with Crippen LogP contribution in [-0.2, 0) is 0 Å². The van der Waals surface area contributed by atoms with Crippen LogP contribution >= 0.6 is 34.5 Å². The number of rotatable bonds is 1. The molecule has 0 aliphatic rings. The molecule has 2 heterocycles. The van der Waals surface area contributed by atoms with E-state index in [1.54, 1.807) is 23.5 Å². The molecule has 0 bridgehead atoms. The molecule has 0 fully saturated rings. The molecular weight excluding hydrogens is 287 g/mol. The summed E-state index contributed by atoms with van der Waals surface area (Å²) in [6.07, 6.45) is 0. The van der Waals surface area contributed by atoms with Crippen LogP contribution in [0.5, 0.6) is 0 Å². The molecule has 0 radical (unpaired) electrons. The summed E-state index contributed by atoms with van der Waals surface area (Å²) in [4.78, 5) is 9.93. The van der Waals surface area contributed by atoms with Crippen LogP contribution in [0.3, 0.4) is 0 Å².